The lowest BCUT2D eigenvalue weighted by atomic mass is 10.1. The Labute approximate surface area is 178 Å². The smallest absolute Gasteiger partial charge is 0.272 e. The van der Waals surface area contributed by atoms with Crippen molar-refractivity contribution in [1.29, 1.82) is 0 Å². The molecule has 1 aliphatic heterocycles. The van der Waals surface area contributed by atoms with E-state index in [4.69, 9.17) is 21.1 Å². The zero-order valence-corrected chi connectivity index (χ0v) is 17.4. The molecule has 1 aliphatic rings. The lowest BCUT2D eigenvalue weighted by Crippen LogP contribution is -2.31. The molecular formula is C22H21ClFN3O3. The lowest BCUT2D eigenvalue weighted by Gasteiger charge is -2.25. The molecule has 0 saturated heterocycles. The molecule has 4 rings (SSSR count). The topological polar surface area (TPSA) is 56.6 Å². The molecule has 0 aliphatic carbocycles. The second kappa shape index (κ2) is 8.36. The van der Waals surface area contributed by atoms with E-state index in [1.54, 1.807) is 28.8 Å². The largest absolute Gasteiger partial charge is 0.486 e. The van der Waals surface area contributed by atoms with Crippen molar-refractivity contribution in [2.75, 3.05) is 13.2 Å². The first-order chi connectivity index (χ1) is 14.4. The Hall–Kier alpha value is -3.06. The highest BCUT2D eigenvalue weighted by atomic mass is 35.5. The van der Waals surface area contributed by atoms with Gasteiger partial charge in [0, 0.05) is 25.2 Å². The van der Waals surface area contributed by atoms with Crippen molar-refractivity contribution in [2.24, 2.45) is 7.05 Å². The Morgan fingerprint density at radius 3 is 2.60 bits per heavy atom. The van der Waals surface area contributed by atoms with Gasteiger partial charge >= 0.3 is 0 Å². The Morgan fingerprint density at radius 2 is 1.90 bits per heavy atom. The number of aromatic nitrogens is 2. The van der Waals surface area contributed by atoms with Crippen LogP contribution in [0.25, 0.3) is 0 Å². The molecule has 1 amide bonds. The van der Waals surface area contributed by atoms with Gasteiger partial charge in [-0.05, 0) is 48.4 Å². The van der Waals surface area contributed by atoms with Crippen LogP contribution in [0.1, 0.15) is 27.3 Å². The Balaban J connectivity index is 1.66. The molecule has 2 heterocycles. The van der Waals surface area contributed by atoms with Gasteiger partial charge in [-0.25, -0.2) is 4.39 Å². The highest BCUT2D eigenvalue weighted by molar-refractivity contribution is 6.31. The first-order valence-corrected chi connectivity index (χ1v) is 9.91. The molecule has 0 fully saturated rings. The summed E-state index contributed by atoms with van der Waals surface area (Å²) >= 11 is 6.23. The third kappa shape index (κ3) is 4.26. The number of amides is 1. The molecular weight excluding hydrogens is 409 g/mol. The Kier molecular flexibility index (Phi) is 5.63. The molecule has 0 bridgehead atoms. The monoisotopic (exact) mass is 429 g/mol. The van der Waals surface area contributed by atoms with E-state index in [-0.39, 0.29) is 17.5 Å². The third-order valence-corrected chi connectivity index (χ3v) is 5.22. The number of ether oxygens (including phenoxy) is 2. The van der Waals surface area contributed by atoms with Crippen LogP contribution in [-0.4, -0.2) is 33.8 Å². The number of hydrogen-bond donors (Lipinski definition) is 0. The van der Waals surface area contributed by atoms with Crippen LogP contribution in [-0.2, 0) is 20.1 Å². The number of fused-ring (bicyclic) bond motifs is 1. The molecule has 0 saturated carbocycles. The van der Waals surface area contributed by atoms with E-state index in [2.05, 4.69) is 5.10 Å². The van der Waals surface area contributed by atoms with Crippen molar-refractivity contribution in [3.63, 3.8) is 0 Å². The maximum absolute atomic E-state index is 13.5. The molecule has 30 heavy (non-hydrogen) atoms. The van der Waals surface area contributed by atoms with E-state index < -0.39 is 5.82 Å². The zero-order chi connectivity index (χ0) is 21.3. The number of rotatable bonds is 5. The molecule has 6 nitrogen and oxygen atoms in total. The number of halogens is 2. The standard InChI is InChI=1S/C22H21ClFN3O3/c1-14-9-19(26(2)25-14)22(28)27(13-16-4-5-17(24)11-18(16)23)12-15-3-6-20-21(10-15)30-8-7-29-20/h3-6,9-11H,7-8,12-13H2,1-2H3. The number of carbonyl (C=O) groups is 1. The summed E-state index contributed by atoms with van der Waals surface area (Å²) in [7, 11) is 1.73. The molecule has 3 aromatic rings. The van der Waals surface area contributed by atoms with Crippen molar-refractivity contribution in [1.82, 2.24) is 14.7 Å². The fourth-order valence-electron chi connectivity index (χ4n) is 3.43. The summed E-state index contributed by atoms with van der Waals surface area (Å²) in [6, 6.07) is 11.5. The van der Waals surface area contributed by atoms with Gasteiger partial charge in [0.2, 0.25) is 0 Å². The van der Waals surface area contributed by atoms with Gasteiger partial charge in [0.1, 0.15) is 24.7 Å². The summed E-state index contributed by atoms with van der Waals surface area (Å²) in [4.78, 5) is 15.0. The number of benzene rings is 2. The van der Waals surface area contributed by atoms with E-state index in [1.165, 1.54) is 12.1 Å². The van der Waals surface area contributed by atoms with Crippen LogP contribution in [0.4, 0.5) is 4.39 Å². The van der Waals surface area contributed by atoms with Gasteiger partial charge < -0.3 is 14.4 Å². The van der Waals surface area contributed by atoms with Gasteiger partial charge in [-0.15, -0.1) is 0 Å². The minimum Gasteiger partial charge on any atom is -0.486 e. The summed E-state index contributed by atoms with van der Waals surface area (Å²) < 4.78 is 26.3. The highest BCUT2D eigenvalue weighted by Crippen LogP contribution is 2.31. The van der Waals surface area contributed by atoms with E-state index >= 15 is 0 Å². The van der Waals surface area contributed by atoms with Crippen LogP contribution < -0.4 is 9.47 Å². The normalized spacial score (nSPS) is 12.7. The Morgan fingerprint density at radius 1 is 1.13 bits per heavy atom. The maximum atomic E-state index is 13.5. The summed E-state index contributed by atoms with van der Waals surface area (Å²) in [6.45, 7) is 3.36. The molecule has 2 aromatic carbocycles. The fraction of sp³-hybridized carbons (Fsp3) is 0.273. The molecule has 0 spiro atoms. The quantitative estimate of drug-likeness (QED) is 0.611. The van der Waals surface area contributed by atoms with E-state index in [9.17, 15) is 9.18 Å². The predicted octanol–water partition coefficient (Wildman–Crippen LogP) is 4.13. The van der Waals surface area contributed by atoms with Gasteiger partial charge in [-0.1, -0.05) is 23.7 Å². The zero-order valence-electron chi connectivity index (χ0n) is 16.7. The van der Waals surface area contributed by atoms with Crippen LogP contribution in [0.5, 0.6) is 11.5 Å². The van der Waals surface area contributed by atoms with Gasteiger partial charge in [-0.3, -0.25) is 9.48 Å². The van der Waals surface area contributed by atoms with Crippen LogP contribution in [0.2, 0.25) is 5.02 Å². The van der Waals surface area contributed by atoms with Crippen molar-refractivity contribution in [3.05, 3.63) is 75.8 Å². The molecule has 156 valence electrons. The summed E-state index contributed by atoms with van der Waals surface area (Å²) in [5.74, 6) is 0.721. The van der Waals surface area contributed by atoms with Gasteiger partial charge in [0.15, 0.2) is 11.5 Å². The lowest BCUT2D eigenvalue weighted by molar-refractivity contribution is 0.0718. The third-order valence-electron chi connectivity index (χ3n) is 4.86. The van der Waals surface area contributed by atoms with Gasteiger partial charge in [0.25, 0.3) is 5.91 Å². The van der Waals surface area contributed by atoms with E-state index in [0.29, 0.717) is 42.5 Å². The second-order valence-corrected chi connectivity index (χ2v) is 7.58. The summed E-state index contributed by atoms with van der Waals surface area (Å²) in [6.07, 6.45) is 0. The molecule has 0 N–H and O–H groups in total. The minimum atomic E-state index is -0.421. The SMILES string of the molecule is Cc1cc(C(=O)N(Cc2ccc3c(c2)OCCO3)Cc2ccc(F)cc2Cl)n(C)n1. The molecule has 1 aromatic heterocycles. The average Bonchev–Trinajstić information content (AvgIpc) is 3.06. The van der Waals surface area contributed by atoms with E-state index in [0.717, 1.165) is 11.3 Å². The molecule has 0 unspecified atom stereocenters. The average molecular weight is 430 g/mol. The van der Waals surface area contributed by atoms with Crippen LogP contribution in [0.15, 0.2) is 42.5 Å². The minimum absolute atomic E-state index is 0.201. The van der Waals surface area contributed by atoms with Gasteiger partial charge in [0.05, 0.1) is 5.69 Å². The molecule has 0 radical (unpaired) electrons. The van der Waals surface area contributed by atoms with Crippen LogP contribution in [0.3, 0.4) is 0 Å². The number of nitrogens with zero attached hydrogens (tertiary/aromatic N) is 3. The van der Waals surface area contributed by atoms with Crippen molar-refractivity contribution >= 4 is 17.5 Å². The summed E-state index contributed by atoms with van der Waals surface area (Å²) in [5.41, 5.74) is 2.75. The van der Waals surface area contributed by atoms with Crippen molar-refractivity contribution < 1.29 is 18.7 Å². The fourth-order valence-corrected chi connectivity index (χ4v) is 3.66. The molecule has 0 atom stereocenters. The van der Waals surface area contributed by atoms with Crippen molar-refractivity contribution in [3.8, 4) is 11.5 Å². The first kappa shape index (κ1) is 20.2. The Bertz CT molecular complexity index is 1100. The number of carbonyl (C=O) groups excluding carboxylic acids is 1. The van der Waals surface area contributed by atoms with Crippen LogP contribution >= 0.6 is 11.6 Å². The number of hydrogen-bond acceptors (Lipinski definition) is 4. The van der Waals surface area contributed by atoms with Gasteiger partial charge in [-0.2, -0.15) is 5.10 Å². The predicted molar refractivity (Wildman–Crippen MR) is 110 cm³/mol. The first-order valence-electron chi connectivity index (χ1n) is 9.53. The van der Waals surface area contributed by atoms with Crippen LogP contribution in [0, 0.1) is 12.7 Å². The molecule has 8 heteroatoms. The number of aryl methyl sites for hydroxylation is 2. The second-order valence-electron chi connectivity index (χ2n) is 7.17. The highest BCUT2D eigenvalue weighted by Gasteiger charge is 2.22. The summed E-state index contributed by atoms with van der Waals surface area (Å²) in [5, 5.41) is 4.55. The maximum Gasteiger partial charge on any atom is 0.272 e. The van der Waals surface area contributed by atoms with E-state index in [1.807, 2.05) is 25.1 Å². The van der Waals surface area contributed by atoms with Crippen molar-refractivity contribution in [2.45, 2.75) is 20.0 Å².